The van der Waals surface area contributed by atoms with Gasteiger partial charge in [0.1, 0.15) is 0 Å². The Balaban J connectivity index is 1.80. The number of nitrogens with zero attached hydrogens (tertiary/aromatic N) is 3. The summed E-state index contributed by atoms with van der Waals surface area (Å²) in [4.78, 5) is 23.4. The number of pyridine rings is 2. The maximum absolute atomic E-state index is 13.1. The molecule has 0 aliphatic heterocycles. The van der Waals surface area contributed by atoms with Crippen molar-refractivity contribution in [3.63, 3.8) is 0 Å². The largest absolute Gasteiger partial charge is 0.337 e. The number of rotatable bonds is 3. The Morgan fingerprint density at radius 2 is 1.80 bits per heavy atom. The molecule has 2 aromatic carbocycles. The Hall–Kier alpha value is -3.27. The number of carbonyl (C=O) groups is 1. The molecular weight excluding hydrogens is 310 g/mol. The van der Waals surface area contributed by atoms with Crippen LogP contribution in [0.1, 0.15) is 15.9 Å². The maximum Gasteiger partial charge on any atom is 0.256 e. The minimum absolute atomic E-state index is 0.0432. The number of amides is 1. The van der Waals surface area contributed by atoms with E-state index in [4.69, 9.17) is 0 Å². The molecule has 0 radical (unpaired) electrons. The highest BCUT2D eigenvalue weighted by Gasteiger charge is 2.17. The van der Waals surface area contributed by atoms with E-state index in [0.717, 1.165) is 27.2 Å². The van der Waals surface area contributed by atoms with Crippen molar-refractivity contribution in [2.75, 3.05) is 7.05 Å². The van der Waals surface area contributed by atoms with Gasteiger partial charge in [0.2, 0.25) is 0 Å². The summed E-state index contributed by atoms with van der Waals surface area (Å²) in [5.41, 5.74) is 2.36. The van der Waals surface area contributed by atoms with E-state index < -0.39 is 0 Å². The SMILES string of the molecule is CN(Cc1cccnc1)C(=O)c1cc2ccccc2c2cccnc12. The van der Waals surface area contributed by atoms with Crippen LogP contribution < -0.4 is 0 Å². The predicted molar refractivity (Wildman–Crippen MR) is 99.3 cm³/mol. The molecule has 4 aromatic rings. The molecule has 0 unspecified atom stereocenters. The van der Waals surface area contributed by atoms with Gasteiger partial charge in [-0.15, -0.1) is 0 Å². The third kappa shape index (κ3) is 2.83. The number of benzene rings is 2. The first-order valence-corrected chi connectivity index (χ1v) is 8.15. The molecule has 0 atom stereocenters. The third-order valence-electron chi connectivity index (χ3n) is 4.33. The Bertz CT molecular complexity index is 1060. The van der Waals surface area contributed by atoms with Crippen LogP contribution in [0.5, 0.6) is 0 Å². The van der Waals surface area contributed by atoms with Crippen molar-refractivity contribution < 1.29 is 4.79 Å². The van der Waals surface area contributed by atoms with Gasteiger partial charge in [-0.2, -0.15) is 0 Å². The molecule has 0 aliphatic rings. The minimum atomic E-state index is -0.0432. The fourth-order valence-electron chi connectivity index (χ4n) is 3.14. The summed E-state index contributed by atoms with van der Waals surface area (Å²) in [6, 6.07) is 17.8. The number of carbonyl (C=O) groups excluding carboxylic acids is 1. The second kappa shape index (κ2) is 6.32. The van der Waals surface area contributed by atoms with E-state index in [1.54, 1.807) is 30.5 Å². The van der Waals surface area contributed by atoms with E-state index in [2.05, 4.69) is 16.0 Å². The Kier molecular flexibility index (Phi) is 3.86. The molecular formula is C21H17N3O. The normalized spacial score (nSPS) is 10.9. The zero-order valence-electron chi connectivity index (χ0n) is 13.9. The zero-order valence-corrected chi connectivity index (χ0v) is 13.9. The molecule has 0 saturated carbocycles. The highest BCUT2D eigenvalue weighted by atomic mass is 16.2. The molecule has 0 saturated heterocycles. The zero-order chi connectivity index (χ0) is 17.2. The maximum atomic E-state index is 13.1. The topological polar surface area (TPSA) is 46.1 Å². The lowest BCUT2D eigenvalue weighted by Crippen LogP contribution is -2.26. The lowest BCUT2D eigenvalue weighted by Gasteiger charge is -2.18. The molecule has 1 amide bonds. The summed E-state index contributed by atoms with van der Waals surface area (Å²) < 4.78 is 0. The summed E-state index contributed by atoms with van der Waals surface area (Å²) in [5.74, 6) is -0.0432. The van der Waals surface area contributed by atoms with Gasteiger partial charge in [0.05, 0.1) is 11.1 Å². The average Bonchev–Trinajstić information content (AvgIpc) is 2.67. The fourth-order valence-corrected chi connectivity index (χ4v) is 3.14. The van der Waals surface area contributed by atoms with E-state index in [1.807, 2.05) is 48.5 Å². The standard InChI is InChI=1S/C21H17N3O/c1-24(14-15-6-4-10-22-13-15)21(25)19-12-16-7-2-3-8-17(16)18-9-5-11-23-20(18)19/h2-13H,14H2,1H3. The second-order valence-electron chi connectivity index (χ2n) is 6.07. The van der Waals surface area contributed by atoms with E-state index >= 15 is 0 Å². The van der Waals surface area contributed by atoms with E-state index in [0.29, 0.717) is 12.1 Å². The van der Waals surface area contributed by atoms with Crippen molar-refractivity contribution in [3.05, 3.63) is 84.3 Å². The van der Waals surface area contributed by atoms with Gasteiger partial charge in [-0.25, -0.2) is 0 Å². The molecule has 2 aromatic heterocycles. The van der Waals surface area contributed by atoms with E-state index in [1.165, 1.54) is 0 Å². The monoisotopic (exact) mass is 327 g/mol. The van der Waals surface area contributed by atoms with Crippen LogP contribution in [0.2, 0.25) is 0 Å². The van der Waals surface area contributed by atoms with E-state index in [9.17, 15) is 4.79 Å². The first kappa shape index (κ1) is 15.3. The molecule has 2 heterocycles. The smallest absolute Gasteiger partial charge is 0.256 e. The molecule has 0 spiro atoms. The lowest BCUT2D eigenvalue weighted by molar-refractivity contribution is 0.0787. The highest BCUT2D eigenvalue weighted by molar-refractivity contribution is 6.15. The van der Waals surface area contributed by atoms with Crippen LogP contribution in [-0.4, -0.2) is 27.8 Å². The summed E-state index contributed by atoms with van der Waals surface area (Å²) in [6.07, 6.45) is 5.24. The number of hydrogen-bond acceptors (Lipinski definition) is 3. The summed E-state index contributed by atoms with van der Waals surface area (Å²) in [6.45, 7) is 0.508. The van der Waals surface area contributed by atoms with Crippen molar-refractivity contribution in [1.82, 2.24) is 14.9 Å². The first-order chi connectivity index (χ1) is 12.2. The van der Waals surface area contributed by atoms with Gasteiger partial charge in [0.15, 0.2) is 0 Å². The van der Waals surface area contributed by atoms with Gasteiger partial charge in [0.25, 0.3) is 5.91 Å². The molecule has 25 heavy (non-hydrogen) atoms. The predicted octanol–water partition coefficient (Wildman–Crippen LogP) is 4.06. The summed E-state index contributed by atoms with van der Waals surface area (Å²) >= 11 is 0. The minimum Gasteiger partial charge on any atom is -0.337 e. The highest BCUT2D eigenvalue weighted by Crippen LogP contribution is 2.28. The van der Waals surface area contributed by atoms with Crippen LogP contribution in [0.15, 0.2) is 73.2 Å². The number of fused-ring (bicyclic) bond motifs is 3. The molecule has 0 aliphatic carbocycles. The fraction of sp³-hybridized carbons (Fsp3) is 0.0952. The summed E-state index contributed by atoms with van der Waals surface area (Å²) in [7, 11) is 1.80. The van der Waals surface area contributed by atoms with Crippen LogP contribution in [-0.2, 0) is 6.54 Å². The third-order valence-corrected chi connectivity index (χ3v) is 4.33. The molecule has 4 rings (SSSR count). The van der Waals surface area contributed by atoms with Gasteiger partial charge < -0.3 is 4.90 Å². The molecule has 0 N–H and O–H groups in total. The van der Waals surface area contributed by atoms with Crippen LogP contribution in [0.25, 0.3) is 21.7 Å². The molecule has 4 nitrogen and oxygen atoms in total. The van der Waals surface area contributed by atoms with Crippen LogP contribution in [0.4, 0.5) is 0 Å². The Labute approximate surface area is 145 Å². The number of hydrogen-bond donors (Lipinski definition) is 0. The number of aromatic nitrogens is 2. The van der Waals surface area contributed by atoms with Crippen molar-refractivity contribution in [3.8, 4) is 0 Å². The van der Waals surface area contributed by atoms with Crippen molar-refractivity contribution >= 4 is 27.6 Å². The lowest BCUT2D eigenvalue weighted by atomic mass is 10.00. The molecule has 0 bridgehead atoms. The van der Waals surface area contributed by atoms with E-state index in [-0.39, 0.29) is 5.91 Å². The Morgan fingerprint density at radius 1 is 1.00 bits per heavy atom. The van der Waals surface area contributed by atoms with Gasteiger partial charge in [0, 0.05) is 37.6 Å². The van der Waals surface area contributed by atoms with Crippen molar-refractivity contribution in [2.24, 2.45) is 0 Å². The van der Waals surface area contributed by atoms with Gasteiger partial charge >= 0.3 is 0 Å². The van der Waals surface area contributed by atoms with Gasteiger partial charge in [-0.3, -0.25) is 14.8 Å². The molecule has 122 valence electrons. The van der Waals surface area contributed by atoms with Crippen LogP contribution in [0.3, 0.4) is 0 Å². The van der Waals surface area contributed by atoms with Crippen molar-refractivity contribution in [2.45, 2.75) is 6.54 Å². The van der Waals surface area contributed by atoms with Gasteiger partial charge in [-0.1, -0.05) is 36.4 Å². The van der Waals surface area contributed by atoms with Crippen LogP contribution >= 0.6 is 0 Å². The first-order valence-electron chi connectivity index (χ1n) is 8.15. The van der Waals surface area contributed by atoms with Gasteiger partial charge in [-0.05, 0) is 34.5 Å². The van der Waals surface area contributed by atoms with Crippen molar-refractivity contribution in [1.29, 1.82) is 0 Å². The van der Waals surface area contributed by atoms with Crippen LogP contribution in [0, 0.1) is 0 Å². The molecule has 0 fully saturated rings. The Morgan fingerprint density at radius 3 is 2.64 bits per heavy atom. The molecule has 4 heteroatoms. The second-order valence-corrected chi connectivity index (χ2v) is 6.07. The quantitative estimate of drug-likeness (QED) is 0.533. The summed E-state index contributed by atoms with van der Waals surface area (Å²) in [5, 5.41) is 3.15. The average molecular weight is 327 g/mol.